The molecule has 0 spiro atoms. The van der Waals surface area contributed by atoms with E-state index in [4.69, 9.17) is 5.73 Å². The first-order valence-electron chi connectivity index (χ1n) is 4.34. The molecule has 0 heterocycles. The highest BCUT2D eigenvalue weighted by atomic mass is 19.4. The second-order valence-corrected chi connectivity index (χ2v) is 2.97. The number of nitrogens with two attached hydrogens (primary N) is 1. The minimum Gasteiger partial charge on any atom is -0.320 e. The van der Waals surface area contributed by atoms with Crippen molar-refractivity contribution in [2.45, 2.75) is 6.18 Å². The van der Waals surface area contributed by atoms with E-state index in [1.165, 1.54) is 6.07 Å². The number of benzene rings is 1. The third-order valence-electron chi connectivity index (χ3n) is 1.75. The Labute approximate surface area is 90.3 Å². The van der Waals surface area contributed by atoms with E-state index < -0.39 is 11.7 Å². The third kappa shape index (κ3) is 3.11. The quantitative estimate of drug-likeness (QED) is 0.587. The highest BCUT2D eigenvalue weighted by molar-refractivity contribution is 5.76. The molecule has 2 nitrogen and oxygen atoms in total. The van der Waals surface area contributed by atoms with E-state index >= 15 is 0 Å². The second kappa shape index (κ2) is 4.81. The zero-order valence-corrected chi connectivity index (χ0v) is 8.14. The van der Waals surface area contributed by atoms with Crippen molar-refractivity contribution in [2.24, 2.45) is 5.73 Å². The summed E-state index contributed by atoms with van der Waals surface area (Å²) in [6.07, 6.45) is -4.14. The lowest BCUT2D eigenvalue weighted by Crippen LogP contribution is -2.06. The summed E-state index contributed by atoms with van der Waals surface area (Å²) < 4.78 is 37.3. The van der Waals surface area contributed by atoms with Gasteiger partial charge < -0.3 is 5.73 Å². The molecule has 0 aromatic heterocycles. The maximum atomic E-state index is 12.4. The van der Waals surface area contributed by atoms with Crippen LogP contribution in [0, 0.1) is 11.8 Å². The predicted octanol–water partition coefficient (Wildman–Crippen LogP) is 1.83. The minimum atomic E-state index is -4.49. The van der Waals surface area contributed by atoms with Crippen LogP contribution in [0.15, 0.2) is 18.2 Å². The molecule has 0 saturated heterocycles. The lowest BCUT2D eigenvalue weighted by atomic mass is 10.1. The highest BCUT2D eigenvalue weighted by Crippen LogP contribution is 2.30. The maximum absolute atomic E-state index is 12.4. The molecule has 0 bridgehead atoms. The summed E-state index contributed by atoms with van der Waals surface area (Å²) in [5.41, 5.74) is 4.28. The van der Waals surface area contributed by atoms with Crippen LogP contribution in [-0.2, 0) is 6.18 Å². The number of halogens is 3. The molecule has 0 aliphatic carbocycles. The van der Waals surface area contributed by atoms with Crippen LogP contribution in [-0.4, -0.2) is 12.8 Å². The lowest BCUT2D eigenvalue weighted by molar-refractivity contribution is -0.137. The van der Waals surface area contributed by atoms with E-state index in [0.717, 1.165) is 12.1 Å². The second-order valence-electron chi connectivity index (χ2n) is 2.97. The molecule has 0 atom stereocenters. The normalized spacial score (nSPS) is 10.5. The summed E-state index contributed by atoms with van der Waals surface area (Å²) in [4.78, 5) is 10.5. The van der Waals surface area contributed by atoms with Gasteiger partial charge >= 0.3 is 6.18 Å². The molecule has 1 aromatic rings. The van der Waals surface area contributed by atoms with Crippen LogP contribution >= 0.6 is 0 Å². The highest BCUT2D eigenvalue weighted by Gasteiger charge is 2.31. The van der Waals surface area contributed by atoms with Gasteiger partial charge in [-0.1, -0.05) is 11.8 Å². The number of aldehydes is 1. The molecule has 5 heteroatoms. The summed E-state index contributed by atoms with van der Waals surface area (Å²) in [6.45, 7) is 0.0483. The van der Waals surface area contributed by atoms with Gasteiger partial charge in [-0.15, -0.1) is 0 Å². The van der Waals surface area contributed by atoms with Gasteiger partial charge in [0.2, 0.25) is 0 Å². The van der Waals surface area contributed by atoms with Gasteiger partial charge in [0.15, 0.2) is 0 Å². The molecule has 0 saturated carbocycles. The van der Waals surface area contributed by atoms with Crippen molar-refractivity contribution in [3.8, 4) is 11.8 Å². The smallest absolute Gasteiger partial charge is 0.320 e. The first-order chi connectivity index (χ1) is 7.47. The number of rotatable bonds is 1. The van der Waals surface area contributed by atoms with Crippen molar-refractivity contribution in [3.05, 3.63) is 34.9 Å². The first-order valence-corrected chi connectivity index (χ1v) is 4.34. The van der Waals surface area contributed by atoms with Gasteiger partial charge in [0.1, 0.15) is 6.29 Å². The Morgan fingerprint density at radius 3 is 2.50 bits per heavy atom. The monoisotopic (exact) mass is 227 g/mol. The summed E-state index contributed by atoms with van der Waals surface area (Å²) in [5, 5.41) is 0. The van der Waals surface area contributed by atoms with E-state index in [-0.39, 0.29) is 17.7 Å². The van der Waals surface area contributed by atoms with Crippen LogP contribution in [0.3, 0.4) is 0 Å². The topological polar surface area (TPSA) is 43.1 Å². The van der Waals surface area contributed by atoms with Crippen molar-refractivity contribution in [3.63, 3.8) is 0 Å². The fourth-order valence-electron chi connectivity index (χ4n) is 1.11. The maximum Gasteiger partial charge on any atom is 0.416 e. The first kappa shape index (κ1) is 12.3. The summed E-state index contributed by atoms with van der Waals surface area (Å²) in [6, 6.07) is 2.95. The number of alkyl halides is 3. The van der Waals surface area contributed by atoms with Crippen LogP contribution in [0.2, 0.25) is 0 Å². The van der Waals surface area contributed by atoms with Crippen LogP contribution in [0.5, 0.6) is 0 Å². The van der Waals surface area contributed by atoms with E-state index in [0.29, 0.717) is 6.29 Å². The summed E-state index contributed by atoms with van der Waals surface area (Å²) in [7, 11) is 0. The zero-order valence-electron chi connectivity index (χ0n) is 8.14. The molecule has 0 amide bonds. The predicted molar refractivity (Wildman–Crippen MR) is 52.8 cm³/mol. The van der Waals surface area contributed by atoms with Gasteiger partial charge in [-0.2, -0.15) is 13.2 Å². The molecule has 84 valence electrons. The van der Waals surface area contributed by atoms with Crippen molar-refractivity contribution in [1.29, 1.82) is 0 Å². The van der Waals surface area contributed by atoms with E-state index in [2.05, 4.69) is 11.8 Å². The Kier molecular flexibility index (Phi) is 3.69. The average molecular weight is 227 g/mol. The fourth-order valence-corrected chi connectivity index (χ4v) is 1.11. The fraction of sp³-hybridized carbons (Fsp3) is 0.182. The number of carbonyl (C=O) groups excluding carboxylic acids is 1. The van der Waals surface area contributed by atoms with Gasteiger partial charge in [0, 0.05) is 11.1 Å². The molecule has 0 unspecified atom stereocenters. The van der Waals surface area contributed by atoms with Crippen LogP contribution in [0.4, 0.5) is 13.2 Å². The van der Waals surface area contributed by atoms with Crippen LogP contribution in [0.25, 0.3) is 0 Å². The van der Waals surface area contributed by atoms with Crippen molar-refractivity contribution >= 4 is 6.29 Å². The number of hydrogen-bond donors (Lipinski definition) is 1. The molecule has 1 aromatic carbocycles. The van der Waals surface area contributed by atoms with Crippen molar-refractivity contribution < 1.29 is 18.0 Å². The zero-order chi connectivity index (χ0) is 12.2. The molecule has 0 radical (unpaired) electrons. The summed E-state index contributed by atoms with van der Waals surface area (Å²) >= 11 is 0. The van der Waals surface area contributed by atoms with Crippen molar-refractivity contribution in [2.75, 3.05) is 6.54 Å². The van der Waals surface area contributed by atoms with Gasteiger partial charge in [-0.3, -0.25) is 4.79 Å². The molecule has 0 fully saturated rings. The van der Waals surface area contributed by atoms with E-state index in [1.54, 1.807) is 0 Å². The molecule has 0 aliphatic heterocycles. The Balaban J connectivity index is 3.26. The molecule has 16 heavy (non-hydrogen) atoms. The van der Waals surface area contributed by atoms with Crippen LogP contribution in [0.1, 0.15) is 21.5 Å². The number of carbonyl (C=O) groups is 1. The lowest BCUT2D eigenvalue weighted by Gasteiger charge is -2.07. The van der Waals surface area contributed by atoms with Crippen LogP contribution < -0.4 is 5.73 Å². The van der Waals surface area contributed by atoms with Gasteiger partial charge in [-0.05, 0) is 18.2 Å². The molecule has 2 N–H and O–H groups in total. The van der Waals surface area contributed by atoms with Gasteiger partial charge in [0.25, 0.3) is 0 Å². The summed E-state index contributed by atoms with van der Waals surface area (Å²) in [5.74, 6) is 4.89. The molecular formula is C11H8F3NO. The molecule has 1 rings (SSSR count). The Morgan fingerprint density at radius 1 is 1.31 bits per heavy atom. The SMILES string of the molecule is NCC#Cc1cc(C=O)cc(C(F)(F)F)c1. The third-order valence-corrected chi connectivity index (χ3v) is 1.75. The van der Waals surface area contributed by atoms with Crippen molar-refractivity contribution in [1.82, 2.24) is 0 Å². The average Bonchev–Trinajstić information content (AvgIpc) is 2.24. The van der Waals surface area contributed by atoms with E-state index in [9.17, 15) is 18.0 Å². The minimum absolute atomic E-state index is 0.0483. The largest absolute Gasteiger partial charge is 0.416 e. The van der Waals surface area contributed by atoms with E-state index in [1.807, 2.05) is 0 Å². The van der Waals surface area contributed by atoms with Gasteiger partial charge in [0.05, 0.1) is 12.1 Å². The Hall–Kier alpha value is -1.80. The molecule has 0 aliphatic rings. The Morgan fingerprint density at radius 2 is 2.00 bits per heavy atom. The van der Waals surface area contributed by atoms with Gasteiger partial charge in [-0.25, -0.2) is 0 Å². The Bertz CT molecular complexity index is 455. The molecular weight excluding hydrogens is 219 g/mol. The standard InChI is InChI=1S/C11H8F3NO/c12-11(13,14)10-5-8(2-1-3-15)4-9(6-10)7-16/h4-7H,3,15H2. The number of hydrogen-bond acceptors (Lipinski definition) is 2.